The normalized spacial score (nSPS) is 11.0. The zero-order valence-electron chi connectivity index (χ0n) is 13.8. The first-order chi connectivity index (χ1) is 11.3. The average molecular weight is 446 g/mol. The van der Waals surface area contributed by atoms with E-state index in [1.165, 1.54) is 6.07 Å². The van der Waals surface area contributed by atoms with Gasteiger partial charge in [0.15, 0.2) is 5.96 Å². The second kappa shape index (κ2) is 11.8. The van der Waals surface area contributed by atoms with Crippen LogP contribution in [-0.4, -0.2) is 40.9 Å². The van der Waals surface area contributed by atoms with Crippen molar-refractivity contribution in [3.63, 3.8) is 0 Å². The smallest absolute Gasteiger partial charge is 0.190 e. The van der Waals surface area contributed by atoms with Crippen molar-refractivity contribution in [1.82, 2.24) is 25.4 Å². The lowest BCUT2D eigenvalue weighted by Gasteiger charge is -2.12. The van der Waals surface area contributed by atoms with Gasteiger partial charge in [-0.1, -0.05) is 18.2 Å². The Morgan fingerprint density at radius 3 is 2.54 bits per heavy atom. The summed E-state index contributed by atoms with van der Waals surface area (Å²) >= 11 is 0. The van der Waals surface area contributed by atoms with Gasteiger partial charge in [0.05, 0.1) is 0 Å². The third kappa shape index (κ3) is 7.24. The minimum Gasteiger partial charge on any atom is -0.356 e. The number of halogens is 2. The maximum Gasteiger partial charge on any atom is 0.190 e. The van der Waals surface area contributed by atoms with Gasteiger partial charge in [0.25, 0.3) is 0 Å². The molecule has 0 aliphatic heterocycles. The van der Waals surface area contributed by atoms with Crippen LogP contribution in [0.3, 0.4) is 0 Å². The van der Waals surface area contributed by atoms with Crippen LogP contribution in [0, 0.1) is 5.82 Å². The number of aryl methyl sites for hydroxylation is 1. The predicted octanol–water partition coefficient (Wildman–Crippen LogP) is 2.22. The number of unbranched alkanes of at least 4 members (excludes halogenated alkanes) is 1. The molecule has 132 valence electrons. The summed E-state index contributed by atoms with van der Waals surface area (Å²) in [4.78, 5) is 4.16. The molecule has 0 aliphatic rings. The molecule has 1 heterocycles. The molecule has 2 N–H and O–H groups in total. The van der Waals surface area contributed by atoms with Gasteiger partial charge < -0.3 is 15.2 Å². The Morgan fingerprint density at radius 1 is 1.12 bits per heavy atom. The molecule has 0 bridgehead atoms. The van der Waals surface area contributed by atoms with Gasteiger partial charge in [-0.25, -0.2) is 4.39 Å². The van der Waals surface area contributed by atoms with Gasteiger partial charge in [-0.3, -0.25) is 4.99 Å². The molecular formula is C16H24FIN6. The number of nitrogens with zero attached hydrogens (tertiary/aromatic N) is 4. The fourth-order valence-corrected chi connectivity index (χ4v) is 2.20. The molecule has 2 aromatic rings. The summed E-state index contributed by atoms with van der Waals surface area (Å²) in [5, 5.41) is 14.0. The van der Waals surface area contributed by atoms with Crippen LogP contribution in [-0.2, 0) is 13.0 Å². The minimum atomic E-state index is -0.161. The highest BCUT2D eigenvalue weighted by Crippen LogP contribution is 2.06. The fourth-order valence-electron chi connectivity index (χ4n) is 2.20. The van der Waals surface area contributed by atoms with Crippen LogP contribution in [0.2, 0.25) is 0 Å². The lowest BCUT2D eigenvalue weighted by Crippen LogP contribution is -2.38. The Kier molecular flexibility index (Phi) is 9.97. The van der Waals surface area contributed by atoms with E-state index in [2.05, 4.69) is 25.8 Å². The van der Waals surface area contributed by atoms with Crippen LogP contribution in [0.1, 0.15) is 18.4 Å². The summed E-state index contributed by atoms with van der Waals surface area (Å²) < 4.78 is 15.5. The van der Waals surface area contributed by atoms with Crippen LogP contribution in [0.4, 0.5) is 4.39 Å². The standard InChI is InChI=1S/C16H23FN6.HI/c1-18-16(19-9-4-5-11-23-12-21-22-13-23)20-10-8-14-6-2-3-7-15(14)17;/h2-3,6-7,12-13H,4-5,8-11H2,1H3,(H2,18,19,20);1H. The second-order valence-electron chi connectivity index (χ2n) is 5.17. The molecule has 0 saturated heterocycles. The molecule has 0 radical (unpaired) electrons. The molecule has 8 heteroatoms. The van der Waals surface area contributed by atoms with E-state index in [4.69, 9.17) is 0 Å². The lowest BCUT2D eigenvalue weighted by atomic mass is 10.1. The van der Waals surface area contributed by atoms with Crippen LogP contribution >= 0.6 is 24.0 Å². The molecule has 0 saturated carbocycles. The number of aliphatic imine (C=N–C) groups is 1. The molecule has 0 fully saturated rings. The minimum absolute atomic E-state index is 0. The summed E-state index contributed by atoms with van der Waals surface area (Å²) in [6.07, 6.45) is 6.12. The first-order valence-electron chi connectivity index (χ1n) is 7.80. The number of hydrogen-bond donors (Lipinski definition) is 2. The van der Waals surface area contributed by atoms with Gasteiger partial charge in [0.2, 0.25) is 0 Å². The van der Waals surface area contributed by atoms with E-state index in [0.717, 1.165) is 31.9 Å². The molecule has 6 nitrogen and oxygen atoms in total. The maximum atomic E-state index is 13.5. The monoisotopic (exact) mass is 446 g/mol. The second-order valence-corrected chi connectivity index (χ2v) is 5.17. The third-order valence-electron chi connectivity index (χ3n) is 3.47. The van der Waals surface area contributed by atoms with E-state index in [1.54, 1.807) is 31.8 Å². The van der Waals surface area contributed by atoms with Crippen LogP contribution in [0.25, 0.3) is 0 Å². The van der Waals surface area contributed by atoms with Gasteiger partial charge in [0, 0.05) is 26.7 Å². The van der Waals surface area contributed by atoms with Crippen LogP contribution in [0.5, 0.6) is 0 Å². The van der Waals surface area contributed by atoms with Crippen molar-refractivity contribution < 1.29 is 4.39 Å². The average Bonchev–Trinajstić information content (AvgIpc) is 3.08. The predicted molar refractivity (Wildman–Crippen MR) is 104 cm³/mol. The molecule has 1 aromatic carbocycles. The van der Waals surface area contributed by atoms with E-state index < -0.39 is 0 Å². The Morgan fingerprint density at radius 2 is 1.83 bits per heavy atom. The number of hydrogen-bond acceptors (Lipinski definition) is 3. The molecule has 0 aliphatic carbocycles. The topological polar surface area (TPSA) is 67.1 Å². The number of rotatable bonds is 8. The Bertz CT molecular complexity index is 602. The molecule has 1 aromatic heterocycles. The van der Waals surface area contributed by atoms with Crippen molar-refractivity contribution in [2.75, 3.05) is 20.1 Å². The third-order valence-corrected chi connectivity index (χ3v) is 3.47. The molecule has 0 amide bonds. The SMILES string of the molecule is CN=C(NCCCCn1cnnc1)NCCc1ccccc1F.I. The van der Waals surface area contributed by atoms with Crippen molar-refractivity contribution in [3.05, 3.63) is 48.3 Å². The number of aromatic nitrogens is 3. The maximum absolute atomic E-state index is 13.5. The largest absolute Gasteiger partial charge is 0.356 e. The van der Waals surface area contributed by atoms with Gasteiger partial charge in [-0.2, -0.15) is 0 Å². The van der Waals surface area contributed by atoms with E-state index in [0.29, 0.717) is 18.5 Å². The molecule has 0 spiro atoms. The zero-order valence-corrected chi connectivity index (χ0v) is 16.1. The Labute approximate surface area is 159 Å². The summed E-state index contributed by atoms with van der Waals surface area (Å²) in [6.45, 7) is 2.39. The van der Waals surface area contributed by atoms with Crippen molar-refractivity contribution in [2.45, 2.75) is 25.8 Å². The first kappa shape index (κ1) is 20.3. The van der Waals surface area contributed by atoms with E-state index in [-0.39, 0.29) is 29.8 Å². The van der Waals surface area contributed by atoms with Crippen molar-refractivity contribution in [1.29, 1.82) is 0 Å². The fraction of sp³-hybridized carbons (Fsp3) is 0.438. The molecule has 0 atom stereocenters. The number of nitrogens with one attached hydrogen (secondary N) is 2. The molecule has 24 heavy (non-hydrogen) atoms. The summed E-state index contributed by atoms with van der Waals surface area (Å²) in [5.74, 6) is 0.580. The molecule has 0 unspecified atom stereocenters. The number of guanidine groups is 1. The van der Waals surface area contributed by atoms with Crippen LogP contribution < -0.4 is 10.6 Å². The van der Waals surface area contributed by atoms with E-state index in [1.807, 2.05) is 10.6 Å². The number of benzene rings is 1. The van der Waals surface area contributed by atoms with Crippen LogP contribution in [0.15, 0.2) is 41.9 Å². The first-order valence-corrected chi connectivity index (χ1v) is 7.80. The zero-order chi connectivity index (χ0) is 16.3. The van der Waals surface area contributed by atoms with Gasteiger partial charge in [-0.15, -0.1) is 34.2 Å². The Hall–Kier alpha value is -1.71. The summed E-state index contributed by atoms with van der Waals surface area (Å²) in [5.41, 5.74) is 0.712. The van der Waals surface area contributed by atoms with Gasteiger partial charge in [-0.05, 0) is 30.9 Å². The molecular weight excluding hydrogens is 422 g/mol. The van der Waals surface area contributed by atoms with E-state index in [9.17, 15) is 4.39 Å². The van der Waals surface area contributed by atoms with Crippen molar-refractivity contribution in [3.8, 4) is 0 Å². The lowest BCUT2D eigenvalue weighted by molar-refractivity contribution is 0.595. The van der Waals surface area contributed by atoms with Crippen molar-refractivity contribution >= 4 is 29.9 Å². The Balaban J connectivity index is 0.00000288. The van der Waals surface area contributed by atoms with E-state index >= 15 is 0 Å². The quantitative estimate of drug-likeness (QED) is 0.283. The van der Waals surface area contributed by atoms with Gasteiger partial charge >= 0.3 is 0 Å². The summed E-state index contributed by atoms with van der Waals surface area (Å²) in [6, 6.07) is 6.84. The highest BCUT2D eigenvalue weighted by molar-refractivity contribution is 14.0. The van der Waals surface area contributed by atoms with Crippen molar-refractivity contribution in [2.24, 2.45) is 4.99 Å². The highest BCUT2D eigenvalue weighted by Gasteiger charge is 2.01. The summed E-state index contributed by atoms with van der Waals surface area (Å²) in [7, 11) is 1.73. The molecule has 2 rings (SSSR count). The van der Waals surface area contributed by atoms with Gasteiger partial charge in [0.1, 0.15) is 18.5 Å². The highest BCUT2D eigenvalue weighted by atomic mass is 127.